The minimum atomic E-state index is -0.798. The predicted molar refractivity (Wildman–Crippen MR) is 261 cm³/mol. The van der Waals surface area contributed by atoms with Gasteiger partial charge in [-0.3, -0.25) is 14.4 Å². The van der Waals surface area contributed by atoms with Crippen molar-refractivity contribution in [2.45, 2.75) is 284 Å². The maximum Gasteiger partial charge on any atom is 0.306 e. The number of esters is 3. The van der Waals surface area contributed by atoms with Crippen molar-refractivity contribution < 1.29 is 28.6 Å². The van der Waals surface area contributed by atoms with E-state index in [2.05, 4.69) is 51.2 Å². The summed E-state index contributed by atoms with van der Waals surface area (Å²) in [5.74, 6) is -0.968. The van der Waals surface area contributed by atoms with Crippen LogP contribution in [0.25, 0.3) is 0 Å². The van der Waals surface area contributed by atoms with Crippen molar-refractivity contribution >= 4 is 17.9 Å². The van der Waals surface area contributed by atoms with Crippen molar-refractivity contribution in [3.05, 3.63) is 36.5 Å². The Labute approximate surface area is 378 Å². The zero-order valence-corrected chi connectivity index (χ0v) is 40.7. The molecular weight excluding hydrogens is 757 g/mol. The first-order chi connectivity index (χ1) is 30.0. The minimum Gasteiger partial charge on any atom is -0.462 e. The molecule has 0 aliphatic heterocycles. The number of carbonyl (C=O) groups is 3. The topological polar surface area (TPSA) is 78.9 Å². The zero-order chi connectivity index (χ0) is 44.4. The van der Waals surface area contributed by atoms with Gasteiger partial charge in [0.15, 0.2) is 6.10 Å². The third-order valence-corrected chi connectivity index (χ3v) is 11.6. The summed E-state index contributed by atoms with van der Waals surface area (Å²) < 4.78 is 16.7. The van der Waals surface area contributed by atoms with E-state index in [1.165, 1.54) is 167 Å². The molecule has 0 aliphatic rings. The smallest absolute Gasteiger partial charge is 0.306 e. The van der Waals surface area contributed by atoms with Crippen molar-refractivity contribution in [1.82, 2.24) is 0 Å². The van der Waals surface area contributed by atoms with Gasteiger partial charge in [0.1, 0.15) is 13.2 Å². The third kappa shape index (κ3) is 48.5. The molecule has 0 N–H and O–H groups in total. The highest BCUT2D eigenvalue weighted by atomic mass is 16.6. The maximum atomic E-state index is 12.8. The van der Waals surface area contributed by atoms with Crippen LogP contribution in [0.4, 0.5) is 0 Å². The molecule has 0 aromatic carbocycles. The Morgan fingerprint density at radius 1 is 0.328 bits per heavy atom. The molecule has 0 radical (unpaired) electrons. The number of allylic oxidation sites excluding steroid dienone is 6. The average Bonchev–Trinajstić information content (AvgIpc) is 3.26. The molecular formula is C55H100O6. The summed E-state index contributed by atoms with van der Waals surface area (Å²) >= 11 is 0. The molecule has 0 aromatic rings. The van der Waals surface area contributed by atoms with Crippen molar-refractivity contribution in [1.29, 1.82) is 0 Å². The highest BCUT2D eigenvalue weighted by Crippen LogP contribution is 2.15. The normalized spacial score (nSPS) is 12.2. The van der Waals surface area contributed by atoms with E-state index >= 15 is 0 Å². The van der Waals surface area contributed by atoms with Gasteiger partial charge in [0, 0.05) is 19.3 Å². The Balaban J connectivity index is 4.41. The lowest BCUT2D eigenvalue weighted by Gasteiger charge is -2.18. The molecule has 0 saturated heterocycles. The largest absolute Gasteiger partial charge is 0.462 e. The summed E-state index contributed by atoms with van der Waals surface area (Å²) in [7, 11) is 0. The van der Waals surface area contributed by atoms with E-state index in [4.69, 9.17) is 14.2 Å². The monoisotopic (exact) mass is 857 g/mol. The third-order valence-electron chi connectivity index (χ3n) is 11.6. The Hall–Kier alpha value is -2.37. The van der Waals surface area contributed by atoms with Crippen LogP contribution in [0.3, 0.4) is 0 Å². The predicted octanol–water partition coefficient (Wildman–Crippen LogP) is 17.3. The van der Waals surface area contributed by atoms with E-state index in [1.54, 1.807) is 0 Å². The molecule has 0 rings (SSSR count). The number of hydrogen-bond donors (Lipinski definition) is 0. The molecule has 6 nitrogen and oxygen atoms in total. The van der Waals surface area contributed by atoms with Crippen molar-refractivity contribution in [2.75, 3.05) is 13.2 Å². The summed E-state index contributed by atoms with van der Waals surface area (Å²) in [6.07, 6.45) is 58.6. The van der Waals surface area contributed by atoms with Gasteiger partial charge in [-0.25, -0.2) is 0 Å². The first-order valence-corrected chi connectivity index (χ1v) is 26.5. The molecule has 0 aliphatic carbocycles. The van der Waals surface area contributed by atoms with Crippen LogP contribution in [0, 0.1) is 0 Å². The molecule has 0 heterocycles. The summed E-state index contributed by atoms with van der Waals surface area (Å²) in [5.41, 5.74) is 0. The molecule has 61 heavy (non-hydrogen) atoms. The Bertz CT molecular complexity index is 1030. The van der Waals surface area contributed by atoms with Crippen molar-refractivity contribution in [3.8, 4) is 0 Å². The molecule has 1 atom stereocenters. The second-order valence-corrected chi connectivity index (χ2v) is 17.8. The summed E-state index contributed by atoms with van der Waals surface area (Å²) in [5, 5.41) is 0. The SMILES string of the molecule is CCCCCCCC/C=C/C/C=C/CCC(=O)OCC(COC(=O)CCCCCCCCCCCCCCCCCC)OC(=O)CCCCC/C=C/CCCCCCCCC. The fourth-order valence-corrected chi connectivity index (χ4v) is 7.61. The molecule has 0 bridgehead atoms. The van der Waals surface area contributed by atoms with Gasteiger partial charge in [-0.15, -0.1) is 0 Å². The lowest BCUT2D eigenvalue weighted by Crippen LogP contribution is -2.30. The van der Waals surface area contributed by atoms with Crippen LogP contribution in [0.15, 0.2) is 36.5 Å². The van der Waals surface area contributed by atoms with Crippen LogP contribution >= 0.6 is 0 Å². The molecule has 0 aromatic heterocycles. The van der Waals surface area contributed by atoms with E-state index in [-0.39, 0.29) is 37.5 Å². The van der Waals surface area contributed by atoms with E-state index in [0.29, 0.717) is 19.3 Å². The van der Waals surface area contributed by atoms with Crippen LogP contribution in [0.1, 0.15) is 278 Å². The number of hydrogen-bond acceptors (Lipinski definition) is 6. The fourth-order valence-electron chi connectivity index (χ4n) is 7.61. The molecule has 0 spiro atoms. The molecule has 6 heteroatoms. The second-order valence-electron chi connectivity index (χ2n) is 17.8. The Kier molecular flexibility index (Phi) is 48.3. The summed E-state index contributed by atoms with van der Waals surface area (Å²) in [6.45, 7) is 6.59. The quantitative estimate of drug-likeness (QED) is 0.0262. The summed E-state index contributed by atoms with van der Waals surface area (Å²) in [6, 6.07) is 0. The van der Waals surface area contributed by atoms with Crippen LogP contribution in [-0.2, 0) is 28.6 Å². The van der Waals surface area contributed by atoms with Crippen molar-refractivity contribution in [3.63, 3.8) is 0 Å². The number of carbonyl (C=O) groups excluding carboxylic acids is 3. The number of rotatable bonds is 48. The van der Waals surface area contributed by atoms with E-state index < -0.39 is 6.10 Å². The van der Waals surface area contributed by atoms with Gasteiger partial charge in [0.2, 0.25) is 0 Å². The number of ether oxygens (including phenoxy) is 3. The van der Waals surface area contributed by atoms with Gasteiger partial charge < -0.3 is 14.2 Å². The lowest BCUT2D eigenvalue weighted by atomic mass is 10.0. The average molecular weight is 857 g/mol. The highest BCUT2D eigenvalue weighted by Gasteiger charge is 2.19. The second kappa shape index (κ2) is 50.3. The molecule has 1 unspecified atom stereocenters. The van der Waals surface area contributed by atoms with Gasteiger partial charge in [-0.2, -0.15) is 0 Å². The minimum absolute atomic E-state index is 0.0920. The first kappa shape index (κ1) is 58.6. The molecule has 0 amide bonds. The van der Waals surface area contributed by atoms with Gasteiger partial charge in [0.05, 0.1) is 0 Å². The first-order valence-electron chi connectivity index (χ1n) is 26.5. The number of unbranched alkanes of at least 4 members (excludes halogenated alkanes) is 31. The van der Waals surface area contributed by atoms with Gasteiger partial charge in [-0.05, 0) is 64.2 Å². The van der Waals surface area contributed by atoms with Crippen LogP contribution < -0.4 is 0 Å². The molecule has 0 saturated carbocycles. The van der Waals surface area contributed by atoms with Crippen LogP contribution in [0.5, 0.6) is 0 Å². The van der Waals surface area contributed by atoms with E-state index in [1.807, 2.05) is 6.08 Å². The zero-order valence-electron chi connectivity index (χ0n) is 40.7. The summed E-state index contributed by atoms with van der Waals surface area (Å²) in [4.78, 5) is 37.9. The van der Waals surface area contributed by atoms with Gasteiger partial charge >= 0.3 is 17.9 Å². The van der Waals surface area contributed by atoms with Gasteiger partial charge in [0.25, 0.3) is 0 Å². The van der Waals surface area contributed by atoms with Crippen LogP contribution in [-0.4, -0.2) is 37.2 Å². The Morgan fingerprint density at radius 2 is 0.623 bits per heavy atom. The molecule has 356 valence electrons. The van der Waals surface area contributed by atoms with Gasteiger partial charge in [-0.1, -0.05) is 231 Å². The van der Waals surface area contributed by atoms with E-state index in [0.717, 1.165) is 64.2 Å². The standard InChI is InChI=1S/C55H100O6/c1-4-7-10-13-16-19-22-25-27-28-31-33-36-39-42-45-48-54(57)60-51-52(50-59-53(56)47-44-41-38-35-32-29-24-21-18-15-12-9-6-3)61-55(58)49-46-43-40-37-34-30-26-23-20-17-14-11-8-5-2/h29-30,32,34,38,41,52H,4-28,31,33,35-37,39-40,42-51H2,1-3H3/b32-29+,34-30+,41-38+. The molecule has 0 fully saturated rings. The van der Waals surface area contributed by atoms with E-state index in [9.17, 15) is 14.4 Å². The van der Waals surface area contributed by atoms with Crippen LogP contribution in [0.2, 0.25) is 0 Å². The highest BCUT2D eigenvalue weighted by molar-refractivity contribution is 5.71. The fraction of sp³-hybridized carbons (Fsp3) is 0.836. The van der Waals surface area contributed by atoms with Crippen molar-refractivity contribution in [2.24, 2.45) is 0 Å². The Morgan fingerprint density at radius 3 is 1.03 bits per heavy atom. The lowest BCUT2D eigenvalue weighted by molar-refractivity contribution is -0.166. The maximum absolute atomic E-state index is 12.8.